The van der Waals surface area contributed by atoms with Crippen molar-refractivity contribution < 1.29 is 19.5 Å². The summed E-state index contributed by atoms with van der Waals surface area (Å²) in [7, 11) is 0. The van der Waals surface area contributed by atoms with Crippen LogP contribution in [0.1, 0.15) is 54.6 Å². The Morgan fingerprint density at radius 2 is 1.90 bits per heavy atom. The Balaban J connectivity index is 1.88. The number of amides is 1. The number of rotatable bonds is 6. The average Bonchev–Trinajstić information content (AvgIpc) is 3.00. The highest BCUT2D eigenvalue weighted by molar-refractivity contribution is 7.12. The molecule has 1 aliphatic rings. The lowest BCUT2D eigenvalue weighted by molar-refractivity contribution is -0.149. The third-order valence-electron chi connectivity index (χ3n) is 3.87. The molecule has 1 saturated carbocycles. The van der Waals surface area contributed by atoms with Gasteiger partial charge in [0.1, 0.15) is 5.54 Å². The second kappa shape index (κ2) is 6.85. The molecule has 0 radical (unpaired) electrons. The highest BCUT2D eigenvalue weighted by Crippen LogP contribution is 2.28. The van der Waals surface area contributed by atoms with Crippen LogP contribution in [0.15, 0.2) is 17.5 Å². The van der Waals surface area contributed by atoms with Crippen LogP contribution in [0.25, 0.3) is 0 Å². The molecule has 21 heavy (non-hydrogen) atoms. The van der Waals surface area contributed by atoms with Crippen LogP contribution in [0.4, 0.5) is 0 Å². The summed E-state index contributed by atoms with van der Waals surface area (Å²) in [5.74, 6) is -1.41. The third-order valence-corrected chi connectivity index (χ3v) is 4.78. The molecular weight excluding hydrogens is 290 g/mol. The maximum atomic E-state index is 12.0. The lowest BCUT2D eigenvalue weighted by Crippen LogP contribution is -2.55. The molecule has 6 heteroatoms. The summed E-state index contributed by atoms with van der Waals surface area (Å²) in [6.07, 6.45) is 3.69. The van der Waals surface area contributed by atoms with Crippen molar-refractivity contribution >= 4 is 29.0 Å². The molecule has 1 aliphatic carbocycles. The minimum atomic E-state index is -1.14. The third kappa shape index (κ3) is 3.91. The van der Waals surface area contributed by atoms with E-state index in [-0.39, 0.29) is 24.5 Å². The zero-order chi connectivity index (χ0) is 15.3. The SMILES string of the molecule is O=C(CCC(=O)c1cccs1)NC1(C(=O)O)CCCCC1. The van der Waals surface area contributed by atoms with E-state index in [1.807, 2.05) is 5.38 Å². The van der Waals surface area contributed by atoms with Crippen LogP contribution in [0.2, 0.25) is 0 Å². The fourth-order valence-corrected chi connectivity index (χ4v) is 3.36. The molecule has 114 valence electrons. The number of carbonyl (C=O) groups is 3. The zero-order valence-corrected chi connectivity index (χ0v) is 12.6. The first-order valence-electron chi connectivity index (χ1n) is 7.15. The van der Waals surface area contributed by atoms with Crippen molar-refractivity contribution in [1.29, 1.82) is 0 Å². The van der Waals surface area contributed by atoms with Crippen LogP contribution in [-0.4, -0.2) is 28.3 Å². The smallest absolute Gasteiger partial charge is 0.329 e. The number of thiophene rings is 1. The summed E-state index contributed by atoms with van der Waals surface area (Å²) in [6, 6.07) is 3.52. The molecule has 0 bridgehead atoms. The van der Waals surface area contributed by atoms with Gasteiger partial charge < -0.3 is 10.4 Å². The van der Waals surface area contributed by atoms with Crippen LogP contribution in [-0.2, 0) is 9.59 Å². The molecule has 0 unspecified atom stereocenters. The Hall–Kier alpha value is -1.69. The Labute approximate surface area is 127 Å². The summed E-state index contributed by atoms with van der Waals surface area (Å²) in [5.41, 5.74) is -1.14. The summed E-state index contributed by atoms with van der Waals surface area (Å²) < 4.78 is 0. The first kappa shape index (κ1) is 15.7. The molecule has 5 nitrogen and oxygen atoms in total. The molecule has 0 aliphatic heterocycles. The van der Waals surface area contributed by atoms with Gasteiger partial charge in [0, 0.05) is 12.8 Å². The number of aliphatic carboxylic acids is 1. The maximum Gasteiger partial charge on any atom is 0.329 e. The minimum absolute atomic E-state index is 0.0335. The van der Waals surface area contributed by atoms with Crippen molar-refractivity contribution in [3.8, 4) is 0 Å². The maximum absolute atomic E-state index is 12.0. The highest BCUT2D eigenvalue weighted by Gasteiger charge is 2.40. The van der Waals surface area contributed by atoms with E-state index in [2.05, 4.69) is 5.32 Å². The number of carbonyl (C=O) groups excluding carboxylic acids is 2. The molecule has 0 spiro atoms. The van der Waals surface area contributed by atoms with Crippen LogP contribution >= 0.6 is 11.3 Å². The van der Waals surface area contributed by atoms with Gasteiger partial charge >= 0.3 is 5.97 Å². The van der Waals surface area contributed by atoms with E-state index in [0.717, 1.165) is 19.3 Å². The topological polar surface area (TPSA) is 83.5 Å². The van der Waals surface area contributed by atoms with E-state index in [1.165, 1.54) is 11.3 Å². The van der Waals surface area contributed by atoms with Gasteiger partial charge in [-0.25, -0.2) is 4.79 Å². The average molecular weight is 309 g/mol. The van der Waals surface area contributed by atoms with Gasteiger partial charge in [-0.2, -0.15) is 0 Å². The van der Waals surface area contributed by atoms with E-state index in [0.29, 0.717) is 17.7 Å². The predicted molar refractivity (Wildman–Crippen MR) is 79.5 cm³/mol. The first-order chi connectivity index (χ1) is 10.0. The highest BCUT2D eigenvalue weighted by atomic mass is 32.1. The summed E-state index contributed by atoms with van der Waals surface area (Å²) in [6.45, 7) is 0. The van der Waals surface area contributed by atoms with Crippen molar-refractivity contribution in [1.82, 2.24) is 5.32 Å². The lowest BCUT2D eigenvalue weighted by atomic mass is 9.81. The van der Waals surface area contributed by atoms with E-state index in [4.69, 9.17) is 0 Å². The fourth-order valence-electron chi connectivity index (χ4n) is 2.66. The lowest BCUT2D eigenvalue weighted by Gasteiger charge is -2.33. The zero-order valence-electron chi connectivity index (χ0n) is 11.8. The Morgan fingerprint density at radius 1 is 1.19 bits per heavy atom. The van der Waals surface area contributed by atoms with Crippen LogP contribution < -0.4 is 5.32 Å². The minimum Gasteiger partial charge on any atom is -0.480 e. The van der Waals surface area contributed by atoms with Crippen LogP contribution in [0, 0.1) is 0 Å². The van der Waals surface area contributed by atoms with Crippen molar-refractivity contribution in [2.45, 2.75) is 50.5 Å². The van der Waals surface area contributed by atoms with Crippen molar-refractivity contribution in [2.24, 2.45) is 0 Å². The van der Waals surface area contributed by atoms with E-state index >= 15 is 0 Å². The molecule has 0 atom stereocenters. The molecule has 0 saturated heterocycles. The predicted octanol–water partition coefficient (Wildman–Crippen LogP) is 2.61. The number of Topliss-reactive ketones (excluding diaryl/α,β-unsaturated/α-hetero) is 1. The molecule has 2 N–H and O–H groups in total. The van der Waals surface area contributed by atoms with Gasteiger partial charge in [0.2, 0.25) is 5.91 Å². The number of ketones is 1. The molecule has 0 aromatic carbocycles. The number of carboxylic acid groups (broad SMARTS) is 1. The van der Waals surface area contributed by atoms with Gasteiger partial charge in [0.05, 0.1) is 4.88 Å². The quantitative estimate of drug-likeness (QED) is 0.791. The Bertz CT molecular complexity index is 518. The summed E-state index contributed by atoms with van der Waals surface area (Å²) in [5, 5.41) is 13.8. The van der Waals surface area contributed by atoms with Gasteiger partial charge in [0.15, 0.2) is 5.78 Å². The molecular formula is C15H19NO4S. The molecule has 1 aromatic heterocycles. The van der Waals surface area contributed by atoms with E-state index in [9.17, 15) is 19.5 Å². The van der Waals surface area contributed by atoms with Gasteiger partial charge in [0.25, 0.3) is 0 Å². The van der Waals surface area contributed by atoms with Gasteiger partial charge in [-0.3, -0.25) is 9.59 Å². The standard InChI is InChI=1S/C15H19NO4S/c17-11(12-5-4-10-21-12)6-7-13(18)16-15(14(19)20)8-2-1-3-9-15/h4-5,10H,1-3,6-9H2,(H,16,18)(H,19,20). The molecule has 2 rings (SSSR count). The fraction of sp³-hybridized carbons (Fsp3) is 0.533. The molecule has 1 heterocycles. The molecule has 1 amide bonds. The van der Waals surface area contributed by atoms with Crippen molar-refractivity contribution in [3.63, 3.8) is 0 Å². The molecule has 1 fully saturated rings. The van der Waals surface area contributed by atoms with Gasteiger partial charge in [-0.15, -0.1) is 11.3 Å². The monoisotopic (exact) mass is 309 g/mol. The largest absolute Gasteiger partial charge is 0.480 e. The normalized spacial score (nSPS) is 17.1. The van der Waals surface area contributed by atoms with E-state index in [1.54, 1.807) is 12.1 Å². The van der Waals surface area contributed by atoms with E-state index < -0.39 is 11.5 Å². The van der Waals surface area contributed by atoms with Crippen molar-refractivity contribution in [3.05, 3.63) is 22.4 Å². The second-order valence-corrected chi connectivity index (χ2v) is 6.34. The first-order valence-corrected chi connectivity index (χ1v) is 8.03. The number of carboxylic acids is 1. The van der Waals surface area contributed by atoms with Crippen LogP contribution in [0.5, 0.6) is 0 Å². The Kier molecular flexibility index (Phi) is 5.12. The number of hydrogen-bond donors (Lipinski definition) is 2. The van der Waals surface area contributed by atoms with Gasteiger partial charge in [-0.1, -0.05) is 25.3 Å². The van der Waals surface area contributed by atoms with Crippen molar-refractivity contribution in [2.75, 3.05) is 0 Å². The second-order valence-electron chi connectivity index (χ2n) is 5.40. The number of nitrogens with one attached hydrogen (secondary N) is 1. The summed E-state index contributed by atoms with van der Waals surface area (Å²) in [4.78, 5) is 35.9. The number of hydrogen-bond acceptors (Lipinski definition) is 4. The summed E-state index contributed by atoms with van der Waals surface area (Å²) >= 11 is 1.35. The van der Waals surface area contributed by atoms with Gasteiger partial charge in [-0.05, 0) is 24.3 Å². The molecule has 1 aromatic rings. The van der Waals surface area contributed by atoms with Crippen LogP contribution in [0.3, 0.4) is 0 Å². The Morgan fingerprint density at radius 3 is 2.48 bits per heavy atom.